The normalized spacial score (nSPS) is 15.2. The van der Waals surface area contributed by atoms with Crippen LogP contribution in [0.5, 0.6) is 0 Å². The molecule has 0 radical (unpaired) electrons. The van der Waals surface area contributed by atoms with Crippen LogP contribution in [0.25, 0.3) is 5.69 Å². The molecule has 1 N–H and O–H groups in total. The number of hydrazone groups is 1. The minimum Gasteiger partial charge on any atom is -0.333 e. The van der Waals surface area contributed by atoms with Crippen LogP contribution in [0.15, 0.2) is 35.4 Å². The van der Waals surface area contributed by atoms with Gasteiger partial charge in [-0.2, -0.15) is 10.2 Å². The molecule has 0 spiro atoms. The molecule has 0 saturated carbocycles. The van der Waals surface area contributed by atoms with E-state index in [0.717, 1.165) is 24.9 Å². The number of hydrogen-bond acceptors (Lipinski definition) is 4. The standard InChI is InChI=1S/C19H22ClN5O2/c1-14-16(19(20)25(23-14)15-8-4-2-5-9-15)12-21-22-17(26)13-24-11-7-3-6-10-18(24)27/h2,4-5,8-9,12H,3,6-7,10-11,13H2,1H3,(H,22,26)/b21-12-. The number of carbonyl (C=O) groups is 2. The van der Waals surface area contributed by atoms with E-state index >= 15 is 0 Å². The fourth-order valence-corrected chi connectivity index (χ4v) is 3.30. The second-order valence-electron chi connectivity index (χ2n) is 6.46. The first-order valence-electron chi connectivity index (χ1n) is 8.96. The van der Waals surface area contributed by atoms with Crippen LogP contribution in [-0.4, -0.2) is 45.8 Å². The number of amides is 2. The van der Waals surface area contributed by atoms with E-state index in [0.29, 0.717) is 29.4 Å². The first-order valence-corrected chi connectivity index (χ1v) is 9.34. The van der Waals surface area contributed by atoms with Crippen LogP contribution in [-0.2, 0) is 9.59 Å². The summed E-state index contributed by atoms with van der Waals surface area (Å²) in [5.74, 6) is -0.305. The van der Waals surface area contributed by atoms with Gasteiger partial charge in [0.1, 0.15) is 11.7 Å². The quantitative estimate of drug-likeness (QED) is 0.632. The van der Waals surface area contributed by atoms with Crippen molar-refractivity contribution in [2.24, 2.45) is 5.10 Å². The summed E-state index contributed by atoms with van der Waals surface area (Å²) in [4.78, 5) is 25.6. The molecule has 2 aromatic rings. The van der Waals surface area contributed by atoms with Crippen LogP contribution >= 0.6 is 11.6 Å². The van der Waals surface area contributed by atoms with Gasteiger partial charge in [0.2, 0.25) is 5.91 Å². The van der Waals surface area contributed by atoms with Crippen LogP contribution in [0.4, 0.5) is 0 Å². The number of rotatable bonds is 5. The SMILES string of the molecule is Cc1nn(-c2ccccc2)c(Cl)c1/C=N\NC(=O)CN1CCCCCC1=O. The maximum atomic E-state index is 12.1. The fourth-order valence-electron chi connectivity index (χ4n) is 2.98. The molecule has 0 atom stereocenters. The number of para-hydroxylation sites is 1. The molecule has 1 aromatic heterocycles. The summed E-state index contributed by atoms with van der Waals surface area (Å²) in [6, 6.07) is 9.53. The Bertz CT molecular complexity index is 847. The monoisotopic (exact) mass is 387 g/mol. The van der Waals surface area contributed by atoms with E-state index in [1.807, 2.05) is 37.3 Å². The zero-order chi connectivity index (χ0) is 19.2. The molecule has 0 aliphatic carbocycles. The first kappa shape index (κ1) is 19.1. The Morgan fingerprint density at radius 3 is 2.85 bits per heavy atom. The van der Waals surface area contributed by atoms with Crippen molar-refractivity contribution in [3.63, 3.8) is 0 Å². The minimum atomic E-state index is -0.328. The maximum Gasteiger partial charge on any atom is 0.259 e. The summed E-state index contributed by atoms with van der Waals surface area (Å²) in [7, 11) is 0. The topological polar surface area (TPSA) is 79.6 Å². The first-order chi connectivity index (χ1) is 13.1. The molecule has 0 bridgehead atoms. The Kier molecular flexibility index (Phi) is 6.24. The lowest BCUT2D eigenvalue weighted by Crippen LogP contribution is -2.39. The third-order valence-electron chi connectivity index (χ3n) is 4.44. The van der Waals surface area contributed by atoms with Crippen molar-refractivity contribution in [1.82, 2.24) is 20.1 Å². The number of benzene rings is 1. The average molecular weight is 388 g/mol. The lowest BCUT2D eigenvalue weighted by atomic mass is 10.2. The summed E-state index contributed by atoms with van der Waals surface area (Å²) < 4.78 is 1.62. The summed E-state index contributed by atoms with van der Waals surface area (Å²) in [5, 5.41) is 8.82. The number of likely N-dealkylation sites (tertiary alicyclic amines) is 1. The van der Waals surface area contributed by atoms with E-state index < -0.39 is 0 Å². The lowest BCUT2D eigenvalue weighted by Gasteiger charge is -2.18. The van der Waals surface area contributed by atoms with Crippen LogP contribution < -0.4 is 5.43 Å². The number of aryl methyl sites for hydroxylation is 1. The number of nitrogens with zero attached hydrogens (tertiary/aromatic N) is 4. The predicted octanol–water partition coefficient (Wildman–Crippen LogP) is 2.69. The van der Waals surface area contributed by atoms with Gasteiger partial charge in [0.25, 0.3) is 5.91 Å². The molecule has 27 heavy (non-hydrogen) atoms. The van der Waals surface area contributed by atoms with Gasteiger partial charge in [-0.15, -0.1) is 0 Å². The molecule has 2 heterocycles. The molecule has 1 aliphatic heterocycles. The number of carbonyl (C=O) groups excluding carboxylic acids is 2. The molecule has 3 rings (SSSR count). The van der Waals surface area contributed by atoms with E-state index in [9.17, 15) is 9.59 Å². The maximum absolute atomic E-state index is 12.1. The smallest absolute Gasteiger partial charge is 0.259 e. The molecule has 1 saturated heterocycles. The molecule has 1 aromatic carbocycles. The van der Waals surface area contributed by atoms with Crippen LogP contribution in [0, 0.1) is 6.92 Å². The molecule has 1 fully saturated rings. The van der Waals surface area contributed by atoms with Crippen LogP contribution in [0.3, 0.4) is 0 Å². The van der Waals surface area contributed by atoms with E-state index in [2.05, 4.69) is 15.6 Å². The number of hydrogen-bond donors (Lipinski definition) is 1. The van der Waals surface area contributed by atoms with Crippen molar-refractivity contribution in [3.8, 4) is 5.69 Å². The molecular formula is C19H22ClN5O2. The molecule has 2 amide bonds. The molecule has 1 aliphatic rings. The van der Waals surface area contributed by atoms with Gasteiger partial charge in [-0.25, -0.2) is 10.1 Å². The Labute approximate surface area is 163 Å². The van der Waals surface area contributed by atoms with Crippen LogP contribution in [0.1, 0.15) is 36.9 Å². The predicted molar refractivity (Wildman–Crippen MR) is 104 cm³/mol. The average Bonchev–Trinajstić information content (AvgIpc) is 2.81. The van der Waals surface area contributed by atoms with E-state index in [4.69, 9.17) is 11.6 Å². The van der Waals surface area contributed by atoms with Gasteiger partial charge in [-0.1, -0.05) is 36.2 Å². The number of halogens is 1. The number of nitrogens with one attached hydrogen (secondary N) is 1. The fraction of sp³-hybridized carbons (Fsp3) is 0.368. The van der Waals surface area contributed by atoms with E-state index in [1.165, 1.54) is 6.21 Å². The highest BCUT2D eigenvalue weighted by atomic mass is 35.5. The largest absolute Gasteiger partial charge is 0.333 e. The number of aromatic nitrogens is 2. The van der Waals surface area contributed by atoms with Gasteiger partial charge in [-0.05, 0) is 31.9 Å². The van der Waals surface area contributed by atoms with Crippen molar-refractivity contribution < 1.29 is 9.59 Å². The second kappa shape index (κ2) is 8.81. The van der Waals surface area contributed by atoms with Crippen LogP contribution in [0.2, 0.25) is 5.15 Å². The second-order valence-corrected chi connectivity index (χ2v) is 6.81. The Hall–Kier alpha value is -2.67. The zero-order valence-electron chi connectivity index (χ0n) is 15.2. The molecule has 0 unspecified atom stereocenters. The van der Waals surface area contributed by atoms with Gasteiger partial charge in [0.15, 0.2) is 0 Å². The van der Waals surface area contributed by atoms with E-state index in [-0.39, 0.29) is 18.4 Å². The van der Waals surface area contributed by atoms with Crippen molar-refractivity contribution >= 4 is 29.6 Å². The van der Waals surface area contributed by atoms with Crippen molar-refractivity contribution in [2.75, 3.05) is 13.1 Å². The molecule has 7 nitrogen and oxygen atoms in total. The minimum absolute atomic E-state index is 0.0200. The molecule has 8 heteroatoms. The van der Waals surface area contributed by atoms with E-state index in [1.54, 1.807) is 9.58 Å². The highest BCUT2D eigenvalue weighted by Crippen LogP contribution is 2.21. The third-order valence-corrected chi connectivity index (χ3v) is 4.80. The summed E-state index contributed by atoms with van der Waals surface area (Å²) in [6.07, 6.45) is 4.81. The van der Waals surface area contributed by atoms with Gasteiger partial charge in [0.05, 0.1) is 23.2 Å². The Balaban J connectivity index is 1.63. The Morgan fingerprint density at radius 2 is 2.07 bits per heavy atom. The highest BCUT2D eigenvalue weighted by Gasteiger charge is 2.19. The van der Waals surface area contributed by atoms with Crippen molar-refractivity contribution in [2.45, 2.75) is 32.6 Å². The summed E-state index contributed by atoms with van der Waals surface area (Å²) in [5.41, 5.74) is 4.64. The van der Waals surface area contributed by atoms with Crippen molar-refractivity contribution in [3.05, 3.63) is 46.7 Å². The van der Waals surface area contributed by atoms with Gasteiger partial charge in [0, 0.05) is 13.0 Å². The van der Waals surface area contributed by atoms with Gasteiger partial charge >= 0.3 is 0 Å². The Morgan fingerprint density at radius 1 is 1.30 bits per heavy atom. The van der Waals surface area contributed by atoms with Gasteiger partial charge in [-0.3, -0.25) is 9.59 Å². The summed E-state index contributed by atoms with van der Waals surface area (Å²) in [6.45, 7) is 2.46. The lowest BCUT2D eigenvalue weighted by molar-refractivity contribution is -0.135. The molecule has 142 valence electrons. The van der Waals surface area contributed by atoms with Crippen molar-refractivity contribution in [1.29, 1.82) is 0 Å². The highest BCUT2D eigenvalue weighted by molar-refractivity contribution is 6.32. The zero-order valence-corrected chi connectivity index (χ0v) is 15.9. The van der Waals surface area contributed by atoms with Gasteiger partial charge < -0.3 is 4.90 Å². The third kappa shape index (κ3) is 4.74. The molecular weight excluding hydrogens is 366 g/mol. The summed E-state index contributed by atoms with van der Waals surface area (Å²) >= 11 is 6.42.